The molecule has 0 aliphatic rings. The highest BCUT2D eigenvalue weighted by Crippen LogP contribution is 2.37. The molecule has 0 amide bonds. The Bertz CT molecular complexity index is 413. The van der Waals surface area contributed by atoms with E-state index in [-0.39, 0.29) is 5.04 Å². The molecular formula is C13H19NOSi. The van der Waals surface area contributed by atoms with Crippen LogP contribution < -0.4 is 4.43 Å². The largest absolute Gasteiger partial charge is 0.544 e. The normalized spacial score (nSPS) is 12.0. The standard InChI is InChI=1S/C13H19NOSi/c1-13(2,3)16(5,6)15-12-9-7-8-11(10-12)14-4/h7-10H,1-3,5-6H3. The zero-order chi connectivity index (χ0) is 12.4. The molecule has 2 nitrogen and oxygen atoms in total. The highest BCUT2D eigenvalue weighted by atomic mass is 28.4. The van der Waals surface area contributed by atoms with Crippen LogP contribution in [-0.2, 0) is 0 Å². The van der Waals surface area contributed by atoms with Crippen molar-refractivity contribution in [3.05, 3.63) is 35.7 Å². The third-order valence-corrected chi connectivity index (χ3v) is 7.48. The molecule has 1 aromatic rings. The first kappa shape index (κ1) is 12.8. The molecule has 0 unspecified atom stereocenters. The van der Waals surface area contributed by atoms with Gasteiger partial charge in [0.05, 0.1) is 12.3 Å². The van der Waals surface area contributed by atoms with Crippen molar-refractivity contribution in [2.24, 2.45) is 0 Å². The number of hydrogen-bond acceptors (Lipinski definition) is 1. The zero-order valence-electron chi connectivity index (χ0n) is 10.7. The molecule has 1 aromatic carbocycles. The van der Waals surface area contributed by atoms with Gasteiger partial charge in [-0.25, -0.2) is 4.85 Å². The van der Waals surface area contributed by atoms with Crippen molar-refractivity contribution >= 4 is 14.0 Å². The van der Waals surface area contributed by atoms with E-state index in [2.05, 4.69) is 38.7 Å². The quantitative estimate of drug-likeness (QED) is 0.537. The summed E-state index contributed by atoms with van der Waals surface area (Å²) >= 11 is 0. The Balaban J connectivity index is 2.93. The second-order valence-electron chi connectivity index (χ2n) is 5.47. The highest BCUT2D eigenvalue weighted by Gasteiger charge is 2.38. The first-order chi connectivity index (χ1) is 7.26. The van der Waals surface area contributed by atoms with Crippen LogP contribution in [0.15, 0.2) is 24.3 Å². The maximum absolute atomic E-state index is 6.98. The van der Waals surface area contributed by atoms with Crippen molar-refractivity contribution in [3.63, 3.8) is 0 Å². The molecule has 0 atom stereocenters. The predicted molar refractivity (Wildman–Crippen MR) is 70.5 cm³/mol. The molecule has 0 saturated heterocycles. The van der Waals surface area contributed by atoms with Gasteiger partial charge in [0.25, 0.3) is 0 Å². The van der Waals surface area contributed by atoms with Crippen LogP contribution in [0.1, 0.15) is 20.8 Å². The number of rotatable bonds is 2. The fourth-order valence-electron chi connectivity index (χ4n) is 1.06. The van der Waals surface area contributed by atoms with E-state index < -0.39 is 8.32 Å². The predicted octanol–water partition coefficient (Wildman–Crippen LogP) is 4.62. The fraction of sp³-hybridized carbons (Fsp3) is 0.462. The minimum Gasteiger partial charge on any atom is -0.544 e. The van der Waals surface area contributed by atoms with Crippen molar-refractivity contribution in [2.75, 3.05) is 0 Å². The van der Waals surface area contributed by atoms with Gasteiger partial charge < -0.3 is 4.43 Å². The van der Waals surface area contributed by atoms with E-state index in [9.17, 15) is 0 Å². The summed E-state index contributed by atoms with van der Waals surface area (Å²) in [4.78, 5) is 3.41. The lowest BCUT2D eigenvalue weighted by atomic mass is 10.2. The minimum absolute atomic E-state index is 0.182. The molecule has 0 fully saturated rings. The second kappa shape index (κ2) is 4.30. The van der Waals surface area contributed by atoms with Crippen molar-refractivity contribution in [3.8, 4) is 5.75 Å². The molecule has 86 valence electrons. The van der Waals surface area contributed by atoms with Crippen LogP contribution in [0.25, 0.3) is 4.85 Å². The molecular weight excluding hydrogens is 214 g/mol. The van der Waals surface area contributed by atoms with Gasteiger partial charge in [-0.3, -0.25) is 0 Å². The van der Waals surface area contributed by atoms with E-state index in [0.29, 0.717) is 5.69 Å². The monoisotopic (exact) mass is 233 g/mol. The van der Waals surface area contributed by atoms with Gasteiger partial charge in [0.2, 0.25) is 8.32 Å². The summed E-state index contributed by atoms with van der Waals surface area (Å²) in [6, 6.07) is 7.41. The number of benzene rings is 1. The highest BCUT2D eigenvalue weighted by molar-refractivity contribution is 6.74. The molecule has 0 radical (unpaired) electrons. The third-order valence-electron chi connectivity index (χ3n) is 3.13. The summed E-state index contributed by atoms with van der Waals surface area (Å²) in [5.74, 6) is 0.820. The van der Waals surface area contributed by atoms with Crippen molar-refractivity contribution < 1.29 is 4.43 Å². The van der Waals surface area contributed by atoms with Gasteiger partial charge in [-0.1, -0.05) is 32.9 Å². The minimum atomic E-state index is -1.78. The van der Waals surface area contributed by atoms with Gasteiger partial charge in [0.1, 0.15) is 0 Å². The molecule has 16 heavy (non-hydrogen) atoms. The van der Waals surface area contributed by atoms with Crippen molar-refractivity contribution in [1.29, 1.82) is 0 Å². The number of nitrogens with zero attached hydrogens (tertiary/aromatic N) is 1. The molecule has 0 N–H and O–H groups in total. The Morgan fingerprint density at radius 1 is 1.25 bits per heavy atom. The van der Waals surface area contributed by atoms with E-state index in [1.807, 2.05) is 18.2 Å². The molecule has 0 saturated carbocycles. The van der Waals surface area contributed by atoms with E-state index >= 15 is 0 Å². The second-order valence-corrected chi connectivity index (χ2v) is 10.2. The zero-order valence-corrected chi connectivity index (χ0v) is 11.7. The Kier molecular flexibility index (Phi) is 3.44. The average molecular weight is 233 g/mol. The van der Waals surface area contributed by atoms with Crippen molar-refractivity contribution in [2.45, 2.75) is 38.9 Å². The van der Waals surface area contributed by atoms with Gasteiger partial charge in [0.15, 0.2) is 5.69 Å². The van der Waals surface area contributed by atoms with Crippen LogP contribution in [0.4, 0.5) is 5.69 Å². The van der Waals surface area contributed by atoms with Gasteiger partial charge in [-0.05, 0) is 30.3 Å². The molecule has 0 heterocycles. The number of hydrogen-bond donors (Lipinski definition) is 0. The molecule has 1 rings (SSSR count). The Labute approximate surface area is 99.2 Å². The lowest BCUT2D eigenvalue weighted by Crippen LogP contribution is -2.43. The van der Waals surface area contributed by atoms with Crippen LogP contribution >= 0.6 is 0 Å². The summed E-state index contributed by atoms with van der Waals surface area (Å²) < 4.78 is 6.10. The summed E-state index contributed by atoms with van der Waals surface area (Å²) in [7, 11) is -1.78. The maximum Gasteiger partial charge on any atom is 0.250 e. The van der Waals surface area contributed by atoms with Crippen LogP contribution in [0.5, 0.6) is 5.75 Å². The lowest BCUT2D eigenvalue weighted by molar-refractivity contribution is 0.492. The molecule has 0 aliphatic carbocycles. The van der Waals surface area contributed by atoms with Gasteiger partial charge in [0, 0.05) is 0 Å². The van der Waals surface area contributed by atoms with Crippen molar-refractivity contribution in [1.82, 2.24) is 0 Å². The first-order valence-corrected chi connectivity index (χ1v) is 8.34. The summed E-state index contributed by atoms with van der Waals surface area (Å²) in [6.45, 7) is 18.0. The third kappa shape index (κ3) is 2.86. The van der Waals surface area contributed by atoms with E-state index in [1.54, 1.807) is 6.07 Å². The Morgan fingerprint density at radius 3 is 2.38 bits per heavy atom. The molecule has 0 aromatic heterocycles. The molecule has 0 aliphatic heterocycles. The van der Waals surface area contributed by atoms with Crippen LogP contribution in [0.3, 0.4) is 0 Å². The summed E-state index contributed by atoms with van der Waals surface area (Å²) in [5.41, 5.74) is 0.635. The van der Waals surface area contributed by atoms with Gasteiger partial charge in [-0.2, -0.15) is 0 Å². The van der Waals surface area contributed by atoms with Crippen LogP contribution in [-0.4, -0.2) is 8.32 Å². The Morgan fingerprint density at radius 2 is 1.88 bits per heavy atom. The van der Waals surface area contributed by atoms with E-state index in [4.69, 9.17) is 11.0 Å². The fourth-order valence-corrected chi connectivity index (χ4v) is 2.09. The van der Waals surface area contributed by atoms with Gasteiger partial charge >= 0.3 is 0 Å². The van der Waals surface area contributed by atoms with E-state index in [1.165, 1.54) is 0 Å². The van der Waals surface area contributed by atoms with E-state index in [0.717, 1.165) is 5.75 Å². The average Bonchev–Trinajstić information content (AvgIpc) is 2.15. The van der Waals surface area contributed by atoms with Crippen LogP contribution in [0.2, 0.25) is 18.1 Å². The smallest absolute Gasteiger partial charge is 0.250 e. The maximum atomic E-state index is 6.98. The topological polar surface area (TPSA) is 13.6 Å². The molecule has 0 spiro atoms. The molecule has 0 bridgehead atoms. The van der Waals surface area contributed by atoms with Crippen LogP contribution in [0, 0.1) is 6.57 Å². The van der Waals surface area contributed by atoms with Gasteiger partial charge in [-0.15, -0.1) is 0 Å². The summed E-state index contributed by atoms with van der Waals surface area (Å²) in [6.07, 6.45) is 0. The molecule has 3 heteroatoms. The lowest BCUT2D eigenvalue weighted by Gasteiger charge is -2.36. The summed E-state index contributed by atoms with van der Waals surface area (Å²) in [5, 5.41) is 0.182. The Hall–Kier alpha value is -1.27. The SMILES string of the molecule is [C-]#[N+]c1cccc(O[Si](C)(C)C(C)(C)C)c1. The first-order valence-electron chi connectivity index (χ1n) is 5.43.